The van der Waals surface area contributed by atoms with Gasteiger partial charge in [0.1, 0.15) is 11.6 Å². The highest BCUT2D eigenvalue weighted by atomic mass is 35.5. The molecule has 2 N–H and O–H groups in total. The van der Waals surface area contributed by atoms with Gasteiger partial charge in [-0.3, -0.25) is 0 Å². The third-order valence-electron chi connectivity index (χ3n) is 2.93. The summed E-state index contributed by atoms with van der Waals surface area (Å²) in [6.45, 7) is 2.62. The fourth-order valence-corrected chi connectivity index (χ4v) is 2.21. The van der Waals surface area contributed by atoms with Crippen molar-refractivity contribution in [2.75, 3.05) is 5.32 Å². The van der Waals surface area contributed by atoms with Gasteiger partial charge in [0.2, 0.25) is 0 Å². The number of aromatic amines is 1. The summed E-state index contributed by atoms with van der Waals surface area (Å²) >= 11 is 11.8. The number of aromatic nitrogens is 2. The second-order valence-electron chi connectivity index (χ2n) is 4.54. The first-order chi connectivity index (χ1) is 9.60. The topological polar surface area (TPSA) is 40.7 Å². The number of nitrogens with zero attached hydrogens (tertiary/aromatic N) is 1. The Bertz CT molecular complexity index is 584. The number of hydrogen-bond acceptors (Lipinski definition) is 2. The first-order valence-corrected chi connectivity index (χ1v) is 7.28. The van der Waals surface area contributed by atoms with Crippen LogP contribution >= 0.6 is 23.2 Å². The zero-order valence-corrected chi connectivity index (χ0v) is 12.7. The molecule has 3 nitrogen and oxygen atoms in total. The zero-order valence-electron chi connectivity index (χ0n) is 11.1. The Morgan fingerprint density at radius 2 is 2.15 bits per heavy atom. The molecule has 0 radical (unpaired) electrons. The lowest BCUT2D eigenvalue weighted by Gasteiger charge is -2.06. The van der Waals surface area contributed by atoms with Crippen LogP contribution in [0.5, 0.6) is 0 Å². The van der Waals surface area contributed by atoms with Crippen molar-refractivity contribution in [2.24, 2.45) is 0 Å². The monoisotopic (exact) mass is 315 g/mol. The summed E-state index contributed by atoms with van der Waals surface area (Å²) in [4.78, 5) is 7.48. The molecule has 0 bridgehead atoms. The number of unbranched alkanes of at least 4 members (excludes halogenated alkanes) is 1. The van der Waals surface area contributed by atoms with Gasteiger partial charge >= 0.3 is 0 Å². The molecule has 1 aromatic carbocycles. The van der Waals surface area contributed by atoms with E-state index in [9.17, 15) is 4.39 Å². The van der Waals surface area contributed by atoms with Gasteiger partial charge in [-0.1, -0.05) is 36.5 Å². The molecule has 0 saturated carbocycles. The molecule has 1 aromatic heterocycles. The molecule has 0 aliphatic carbocycles. The average Bonchev–Trinajstić information content (AvgIpc) is 2.78. The van der Waals surface area contributed by atoms with E-state index in [4.69, 9.17) is 23.2 Å². The number of rotatable bonds is 6. The number of H-pyrrole nitrogens is 1. The average molecular weight is 316 g/mol. The standard InChI is InChI=1S/C14H16Cl2FN3/c1-2-3-4-13-19-12(14(16)20-13)8-18-9-5-6-11(17)10(15)7-9/h5-7,18H,2-4,8H2,1H3,(H,19,20). The zero-order chi connectivity index (χ0) is 14.5. The SMILES string of the molecule is CCCCc1nc(Cl)c(CNc2ccc(F)c(Cl)c2)[nH]1. The maximum absolute atomic E-state index is 13.1. The van der Waals surface area contributed by atoms with Crippen LogP contribution in [0.1, 0.15) is 31.3 Å². The highest BCUT2D eigenvalue weighted by molar-refractivity contribution is 6.31. The fraction of sp³-hybridized carbons (Fsp3) is 0.357. The number of hydrogen-bond donors (Lipinski definition) is 2. The van der Waals surface area contributed by atoms with E-state index >= 15 is 0 Å². The molecule has 0 fully saturated rings. The van der Waals surface area contributed by atoms with E-state index in [-0.39, 0.29) is 5.02 Å². The molecule has 0 aliphatic heterocycles. The Hall–Kier alpha value is -1.26. The minimum atomic E-state index is -0.432. The number of nitrogens with one attached hydrogen (secondary N) is 2. The molecule has 0 saturated heterocycles. The molecule has 0 atom stereocenters. The number of imidazole rings is 1. The van der Waals surface area contributed by atoms with E-state index in [1.165, 1.54) is 6.07 Å². The van der Waals surface area contributed by atoms with Crippen LogP contribution in [-0.4, -0.2) is 9.97 Å². The van der Waals surface area contributed by atoms with Crippen LogP contribution in [0.2, 0.25) is 10.2 Å². The molecule has 20 heavy (non-hydrogen) atoms. The van der Waals surface area contributed by atoms with E-state index < -0.39 is 5.82 Å². The minimum Gasteiger partial charge on any atom is -0.379 e. The summed E-state index contributed by atoms with van der Waals surface area (Å²) in [7, 11) is 0. The van der Waals surface area contributed by atoms with Crippen LogP contribution in [0.25, 0.3) is 0 Å². The van der Waals surface area contributed by atoms with Gasteiger partial charge in [0.05, 0.1) is 17.3 Å². The highest BCUT2D eigenvalue weighted by Crippen LogP contribution is 2.21. The van der Waals surface area contributed by atoms with E-state index in [2.05, 4.69) is 22.2 Å². The van der Waals surface area contributed by atoms with Crippen molar-refractivity contribution in [3.63, 3.8) is 0 Å². The number of anilines is 1. The Morgan fingerprint density at radius 1 is 1.35 bits per heavy atom. The van der Waals surface area contributed by atoms with E-state index in [0.717, 1.165) is 36.5 Å². The molecule has 2 rings (SSSR count). The van der Waals surface area contributed by atoms with Gasteiger partial charge in [-0.25, -0.2) is 9.37 Å². The van der Waals surface area contributed by atoms with Gasteiger partial charge in [0, 0.05) is 12.1 Å². The van der Waals surface area contributed by atoms with Crippen molar-refractivity contribution >= 4 is 28.9 Å². The predicted octanol–water partition coefficient (Wildman–Crippen LogP) is 4.81. The van der Waals surface area contributed by atoms with Crippen molar-refractivity contribution < 1.29 is 4.39 Å². The lowest BCUT2D eigenvalue weighted by Crippen LogP contribution is -2.01. The predicted molar refractivity (Wildman–Crippen MR) is 80.9 cm³/mol. The summed E-state index contributed by atoms with van der Waals surface area (Å²) in [6, 6.07) is 4.49. The summed E-state index contributed by atoms with van der Waals surface area (Å²) in [6.07, 6.45) is 3.07. The number of benzene rings is 1. The number of aryl methyl sites for hydroxylation is 1. The van der Waals surface area contributed by atoms with Crippen LogP contribution in [-0.2, 0) is 13.0 Å². The van der Waals surface area contributed by atoms with Gasteiger partial charge in [-0.2, -0.15) is 0 Å². The summed E-state index contributed by atoms with van der Waals surface area (Å²) in [5, 5.41) is 3.69. The molecule has 0 unspecified atom stereocenters. The quantitative estimate of drug-likeness (QED) is 0.803. The second kappa shape index (κ2) is 6.95. The Balaban J connectivity index is 1.99. The van der Waals surface area contributed by atoms with Crippen molar-refractivity contribution in [3.05, 3.63) is 45.7 Å². The van der Waals surface area contributed by atoms with E-state index in [1.54, 1.807) is 12.1 Å². The maximum Gasteiger partial charge on any atom is 0.152 e. The summed E-state index contributed by atoms with van der Waals surface area (Å²) < 4.78 is 13.1. The Morgan fingerprint density at radius 3 is 2.85 bits per heavy atom. The van der Waals surface area contributed by atoms with E-state index in [0.29, 0.717) is 11.7 Å². The molecular formula is C14H16Cl2FN3. The van der Waals surface area contributed by atoms with Crippen LogP contribution in [0, 0.1) is 5.82 Å². The first kappa shape index (κ1) is 15.1. The van der Waals surface area contributed by atoms with Gasteiger partial charge in [-0.05, 0) is 24.6 Å². The lowest BCUT2D eigenvalue weighted by molar-refractivity contribution is 0.628. The van der Waals surface area contributed by atoms with Gasteiger partial charge in [0.15, 0.2) is 5.15 Å². The maximum atomic E-state index is 13.1. The third-order valence-corrected chi connectivity index (χ3v) is 3.54. The Kier molecular flexibility index (Phi) is 5.26. The first-order valence-electron chi connectivity index (χ1n) is 6.52. The van der Waals surface area contributed by atoms with E-state index in [1.807, 2.05) is 0 Å². The van der Waals surface area contributed by atoms with Crippen LogP contribution in [0.4, 0.5) is 10.1 Å². The fourth-order valence-electron chi connectivity index (χ4n) is 1.82. The highest BCUT2D eigenvalue weighted by Gasteiger charge is 2.08. The molecule has 0 aliphatic rings. The van der Waals surface area contributed by atoms with Crippen LogP contribution in [0.15, 0.2) is 18.2 Å². The molecule has 0 amide bonds. The largest absolute Gasteiger partial charge is 0.379 e. The van der Waals surface area contributed by atoms with Crippen LogP contribution in [0.3, 0.4) is 0 Å². The second-order valence-corrected chi connectivity index (χ2v) is 5.30. The lowest BCUT2D eigenvalue weighted by atomic mass is 10.2. The van der Waals surface area contributed by atoms with Gasteiger partial charge in [0.25, 0.3) is 0 Å². The van der Waals surface area contributed by atoms with Crippen molar-refractivity contribution in [1.29, 1.82) is 0 Å². The molecule has 108 valence electrons. The van der Waals surface area contributed by atoms with Crippen molar-refractivity contribution in [3.8, 4) is 0 Å². The molecule has 2 aromatic rings. The third kappa shape index (κ3) is 3.87. The molecule has 1 heterocycles. The van der Waals surface area contributed by atoms with Crippen molar-refractivity contribution in [1.82, 2.24) is 9.97 Å². The summed E-state index contributed by atoms with van der Waals surface area (Å²) in [5.74, 6) is 0.462. The summed E-state index contributed by atoms with van der Waals surface area (Å²) in [5.41, 5.74) is 1.55. The minimum absolute atomic E-state index is 0.0920. The Labute approximate surface area is 127 Å². The van der Waals surface area contributed by atoms with Crippen molar-refractivity contribution in [2.45, 2.75) is 32.7 Å². The number of halogens is 3. The molecule has 0 spiro atoms. The smallest absolute Gasteiger partial charge is 0.152 e. The molecular weight excluding hydrogens is 300 g/mol. The van der Waals surface area contributed by atoms with Gasteiger partial charge < -0.3 is 10.3 Å². The van der Waals surface area contributed by atoms with Crippen LogP contribution < -0.4 is 5.32 Å². The van der Waals surface area contributed by atoms with Gasteiger partial charge in [-0.15, -0.1) is 0 Å². The normalized spacial score (nSPS) is 10.8. The molecule has 6 heteroatoms.